The molecule has 0 unspecified atom stereocenters. The SMILES string of the molecule is C=CCCCC(=O)N1[C@H](C=C)C[C@@]23CN(S(=O)(=O)c4ccccc4)CC[C@@H]2c2cc(CCCOC(C)=O)oc2[C@@H]13. The summed E-state index contributed by atoms with van der Waals surface area (Å²) in [6.07, 6.45) is 7.99. The van der Waals surface area contributed by atoms with Crippen molar-refractivity contribution in [2.75, 3.05) is 19.7 Å². The number of carbonyl (C=O) groups is 2. The molecule has 1 aromatic heterocycles. The maximum Gasteiger partial charge on any atom is 0.302 e. The lowest BCUT2D eigenvalue weighted by Crippen LogP contribution is -2.50. The lowest BCUT2D eigenvalue weighted by molar-refractivity contribution is -0.141. The summed E-state index contributed by atoms with van der Waals surface area (Å²) in [5.41, 5.74) is 0.577. The van der Waals surface area contributed by atoms with Gasteiger partial charge in [0.1, 0.15) is 11.5 Å². The van der Waals surface area contributed by atoms with E-state index < -0.39 is 15.4 Å². The molecule has 1 amide bonds. The number of hydrogen-bond donors (Lipinski definition) is 0. The van der Waals surface area contributed by atoms with Crippen molar-refractivity contribution in [3.8, 4) is 0 Å². The second-order valence-electron chi connectivity index (χ2n) is 11.1. The number of nitrogens with zero attached hydrogens (tertiary/aromatic N) is 2. The zero-order valence-electron chi connectivity index (χ0n) is 23.1. The summed E-state index contributed by atoms with van der Waals surface area (Å²) in [4.78, 5) is 27.1. The molecular formula is C31H38N2O6S. The van der Waals surface area contributed by atoms with Crippen molar-refractivity contribution in [1.29, 1.82) is 0 Å². The molecule has 2 fully saturated rings. The average Bonchev–Trinajstić information content (AvgIpc) is 3.56. The van der Waals surface area contributed by atoms with Crippen molar-refractivity contribution in [1.82, 2.24) is 9.21 Å². The number of furan rings is 1. The molecule has 2 aliphatic heterocycles. The first kappa shape index (κ1) is 28.4. The van der Waals surface area contributed by atoms with Gasteiger partial charge in [0.2, 0.25) is 15.9 Å². The van der Waals surface area contributed by atoms with Crippen LogP contribution in [0, 0.1) is 5.41 Å². The lowest BCUT2D eigenvalue weighted by Gasteiger charge is -2.44. The van der Waals surface area contributed by atoms with E-state index in [0.29, 0.717) is 58.2 Å². The van der Waals surface area contributed by atoms with Crippen LogP contribution in [0.5, 0.6) is 0 Å². The highest BCUT2D eigenvalue weighted by Crippen LogP contribution is 2.67. The quantitative estimate of drug-likeness (QED) is 0.212. The fraction of sp³-hybridized carbons (Fsp3) is 0.484. The van der Waals surface area contributed by atoms with Crippen molar-refractivity contribution in [3.05, 3.63) is 78.8 Å². The molecule has 0 N–H and O–H groups in total. The predicted molar refractivity (Wildman–Crippen MR) is 151 cm³/mol. The highest BCUT2D eigenvalue weighted by molar-refractivity contribution is 7.89. The Morgan fingerprint density at radius 2 is 1.98 bits per heavy atom. The van der Waals surface area contributed by atoms with Crippen molar-refractivity contribution >= 4 is 21.9 Å². The number of amides is 1. The summed E-state index contributed by atoms with van der Waals surface area (Å²) in [5.74, 6) is 1.35. The van der Waals surface area contributed by atoms with Gasteiger partial charge < -0.3 is 14.1 Å². The van der Waals surface area contributed by atoms with Crippen LogP contribution in [0.15, 0.2) is 71.0 Å². The van der Waals surface area contributed by atoms with Gasteiger partial charge in [-0.25, -0.2) is 8.42 Å². The van der Waals surface area contributed by atoms with Crippen LogP contribution in [0.3, 0.4) is 0 Å². The molecule has 8 nitrogen and oxygen atoms in total. The number of allylic oxidation sites excluding steroid dienone is 1. The van der Waals surface area contributed by atoms with Gasteiger partial charge in [-0.1, -0.05) is 30.4 Å². The third kappa shape index (κ3) is 4.94. The van der Waals surface area contributed by atoms with Crippen LogP contribution in [0.2, 0.25) is 0 Å². The number of sulfonamides is 1. The van der Waals surface area contributed by atoms with Gasteiger partial charge in [0.15, 0.2) is 0 Å². The van der Waals surface area contributed by atoms with Gasteiger partial charge in [-0.15, -0.1) is 13.2 Å². The molecule has 1 aliphatic carbocycles. The Morgan fingerprint density at radius 1 is 1.20 bits per heavy atom. The van der Waals surface area contributed by atoms with Crippen LogP contribution in [0.4, 0.5) is 0 Å². The molecule has 0 radical (unpaired) electrons. The zero-order valence-corrected chi connectivity index (χ0v) is 23.9. The summed E-state index contributed by atoms with van der Waals surface area (Å²) in [6.45, 7) is 10.3. The average molecular weight is 567 g/mol. The van der Waals surface area contributed by atoms with Crippen LogP contribution in [0.1, 0.15) is 74.5 Å². The molecule has 3 aliphatic rings. The first-order valence-electron chi connectivity index (χ1n) is 14.1. The minimum Gasteiger partial charge on any atom is -0.466 e. The number of ether oxygens (including phenoxy) is 1. The molecule has 40 heavy (non-hydrogen) atoms. The molecule has 9 heteroatoms. The summed E-state index contributed by atoms with van der Waals surface area (Å²) >= 11 is 0. The Morgan fingerprint density at radius 3 is 2.67 bits per heavy atom. The normalized spacial score (nSPS) is 25.6. The van der Waals surface area contributed by atoms with Crippen LogP contribution in [-0.4, -0.2) is 55.2 Å². The Labute approximate surface area is 236 Å². The molecule has 214 valence electrons. The molecule has 1 aromatic carbocycles. The van der Waals surface area contributed by atoms with Crippen LogP contribution >= 0.6 is 0 Å². The van der Waals surface area contributed by atoms with Crippen molar-refractivity contribution in [2.24, 2.45) is 5.41 Å². The molecule has 3 heterocycles. The van der Waals surface area contributed by atoms with E-state index in [4.69, 9.17) is 9.15 Å². The second kappa shape index (κ2) is 11.4. The smallest absolute Gasteiger partial charge is 0.302 e. The van der Waals surface area contributed by atoms with E-state index in [2.05, 4.69) is 19.2 Å². The molecule has 4 atom stereocenters. The monoisotopic (exact) mass is 566 g/mol. The number of hydrogen-bond acceptors (Lipinski definition) is 6. The van der Waals surface area contributed by atoms with Gasteiger partial charge in [0.25, 0.3) is 0 Å². The van der Waals surface area contributed by atoms with E-state index in [1.807, 2.05) is 17.1 Å². The van der Waals surface area contributed by atoms with E-state index in [9.17, 15) is 18.0 Å². The van der Waals surface area contributed by atoms with Crippen LogP contribution in [0.25, 0.3) is 0 Å². The van der Waals surface area contributed by atoms with E-state index in [-0.39, 0.29) is 34.8 Å². The number of rotatable bonds is 11. The third-order valence-corrected chi connectivity index (χ3v) is 10.5. The van der Waals surface area contributed by atoms with Gasteiger partial charge in [0, 0.05) is 38.3 Å². The molecule has 2 aromatic rings. The van der Waals surface area contributed by atoms with Gasteiger partial charge in [-0.2, -0.15) is 4.31 Å². The van der Waals surface area contributed by atoms with Crippen LogP contribution in [-0.2, 0) is 30.8 Å². The summed E-state index contributed by atoms with van der Waals surface area (Å²) in [7, 11) is -3.70. The Balaban J connectivity index is 1.50. The van der Waals surface area contributed by atoms with Gasteiger partial charge >= 0.3 is 5.97 Å². The fourth-order valence-electron chi connectivity index (χ4n) is 7.03. The standard InChI is InChI=1S/C31H38N2O6S/c1-4-6-8-15-28(35)33-23(5-2)20-31-21-32(40(36,37)25-13-9-7-10-14-25)17-16-27(31)26-19-24(39-29(26)30(31)33)12-11-18-38-22(3)34/h4-5,7,9-10,13-14,19,23,27,30H,1-2,6,8,11-12,15-18,20-21H2,3H3/t23-,27-,30-,31-/m1/s1. The van der Waals surface area contributed by atoms with Crippen LogP contribution < -0.4 is 0 Å². The number of carbonyl (C=O) groups excluding carboxylic acids is 2. The maximum absolute atomic E-state index is 13.7. The highest BCUT2D eigenvalue weighted by Gasteiger charge is 2.66. The van der Waals surface area contributed by atoms with Crippen molar-refractivity contribution in [3.63, 3.8) is 0 Å². The second-order valence-corrected chi connectivity index (χ2v) is 13.0. The molecule has 0 saturated carbocycles. The number of likely N-dealkylation sites (tertiary alicyclic amines) is 1. The first-order chi connectivity index (χ1) is 19.2. The maximum atomic E-state index is 13.7. The van der Waals surface area contributed by atoms with Gasteiger partial charge in [-0.3, -0.25) is 9.59 Å². The lowest BCUT2D eigenvalue weighted by atomic mass is 9.69. The largest absolute Gasteiger partial charge is 0.466 e. The Bertz CT molecular complexity index is 1380. The van der Waals surface area contributed by atoms with E-state index in [1.165, 1.54) is 6.92 Å². The Kier molecular flexibility index (Phi) is 8.06. The fourth-order valence-corrected chi connectivity index (χ4v) is 8.58. The number of aryl methyl sites for hydroxylation is 1. The minimum absolute atomic E-state index is 0.0241. The van der Waals surface area contributed by atoms with E-state index in [1.54, 1.807) is 34.6 Å². The number of benzene rings is 1. The van der Waals surface area contributed by atoms with Crippen molar-refractivity contribution in [2.45, 2.75) is 74.8 Å². The Hall–Kier alpha value is -3.17. The molecule has 5 rings (SSSR count). The van der Waals surface area contributed by atoms with Gasteiger partial charge in [0.05, 0.1) is 23.6 Å². The number of esters is 1. The number of unbranched alkanes of at least 4 members (excludes halogenated alkanes) is 1. The van der Waals surface area contributed by atoms with E-state index in [0.717, 1.165) is 23.5 Å². The van der Waals surface area contributed by atoms with E-state index >= 15 is 0 Å². The van der Waals surface area contributed by atoms with Crippen molar-refractivity contribution < 1.29 is 27.2 Å². The molecular weight excluding hydrogens is 528 g/mol. The highest BCUT2D eigenvalue weighted by atomic mass is 32.2. The minimum atomic E-state index is -3.70. The third-order valence-electron chi connectivity index (χ3n) is 8.68. The summed E-state index contributed by atoms with van der Waals surface area (Å²) < 4.78 is 40.6. The summed E-state index contributed by atoms with van der Waals surface area (Å²) in [6, 6.07) is 10.0. The predicted octanol–water partition coefficient (Wildman–Crippen LogP) is 5.14. The number of fused-ring (bicyclic) bond motifs is 3. The summed E-state index contributed by atoms with van der Waals surface area (Å²) in [5, 5.41) is 0. The number of piperidine rings is 1. The zero-order chi connectivity index (χ0) is 28.5. The first-order valence-corrected chi connectivity index (χ1v) is 15.5. The topological polar surface area (TPSA) is 97.1 Å². The molecule has 1 spiro atoms. The molecule has 2 saturated heterocycles. The van der Waals surface area contributed by atoms with Gasteiger partial charge in [-0.05, 0) is 61.8 Å². The molecule has 0 bridgehead atoms.